The van der Waals surface area contributed by atoms with Crippen molar-refractivity contribution in [1.29, 1.82) is 0 Å². The number of nitrogens with one attached hydrogen (secondary N) is 1. The Labute approximate surface area is 184 Å². The number of pyridine rings is 1. The highest BCUT2D eigenvalue weighted by molar-refractivity contribution is 6.30. The number of fused-ring (bicyclic) bond motifs is 1. The van der Waals surface area contributed by atoms with Crippen LogP contribution in [0.4, 0.5) is 5.69 Å². The molecule has 1 aromatic heterocycles. The predicted molar refractivity (Wildman–Crippen MR) is 124 cm³/mol. The summed E-state index contributed by atoms with van der Waals surface area (Å²) < 4.78 is 5.51. The van der Waals surface area contributed by atoms with Crippen molar-refractivity contribution in [2.75, 3.05) is 11.5 Å². The van der Waals surface area contributed by atoms with Crippen LogP contribution in [0.2, 0.25) is 5.02 Å². The van der Waals surface area contributed by atoms with E-state index in [1.54, 1.807) is 29.2 Å². The third-order valence-electron chi connectivity index (χ3n) is 4.95. The molecule has 0 saturated carbocycles. The average Bonchev–Trinajstić information content (AvgIpc) is 2.78. The number of hydrogen-bond acceptors (Lipinski definition) is 3. The second-order valence-corrected chi connectivity index (χ2v) is 7.47. The molecule has 0 atom stereocenters. The number of para-hydroxylation sites is 1. The molecule has 0 saturated heterocycles. The lowest BCUT2D eigenvalue weighted by Gasteiger charge is -2.23. The van der Waals surface area contributed by atoms with Crippen molar-refractivity contribution in [3.8, 4) is 5.75 Å². The van der Waals surface area contributed by atoms with E-state index in [0.717, 1.165) is 10.9 Å². The zero-order valence-electron chi connectivity index (χ0n) is 17.0. The van der Waals surface area contributed by atoms with Gasteiger partial charge in [-0.3, -0.25) is 9.59 Å². The van der Waals surface area contributed by atoms with Gasteiger partial charge in [0, 0.05) is 27.4 Å². The summed E-state index contributed by atoms with van der Waals surface area (Å²) in [7, 11) is 0. The van der Waals surface area contributed by atoms with Crippen LogP contribution < -0.4 is 15.2 Å². The maximum absolute atomic E-state index is 13.4. The Morgan fingerprint density at radius 3 is 2.42 bits per heavy atom. The molecule has 1 amide bonds. The van der Waals surface area contributed by atoms with E-state index >= 15 is 0 Å². The van der Waals surface area contributed by atoms with Crippen molar-refractivity contribution in [1.82, 2.24) is 4.98 Å². The number of hydrogen-bond donors (Lipinski definition) is 1. The van der Waals surface area contributed by atoms with Gasteiger partial charge in [-0.25, -0.2) is 0 Å². The molecule has 3 aromatic carbocycles. The Balaban J connectivity index is 1.74. The lowest BCUT2D eigenvalue weighted by Crippen LogP contribution is -2.32. The largest absolute Gasteiger partial charge is 0.494 e. The van der Waals surface area contributed by atoms with E-state index in [0.29, 0.717) is 34.2 Å². The maximum atomic E-state index is 13.4. The first kappa shape index (κ1) is 20.7. The molecule has 31 heavy (non-hydrogen) atoms. The molecule has 6 heteroatoms. The molecule has 4 aromatic rings. The Morgan fingerprint density at radius 1 is 1.00 bits per heavy atom. The highest BCUT2D eigenvalue weighted by Crippen LogP contribution is 2.24. The summed E-state index contributed by atoms with van der Waals surface area (Å²) in [6, 6.07) is 23.3. The number of carbonyl (C=O) groups excluding carboxylic acids is 1. The van der Waals surface area contributed by atoms with E-state index in [1.807, 2.05) is 61.5 Å². The summed E-state index contributed by atoms with van der Waals surface area (Å²) in [6.45, 7) is 2.59. The number of aromatic nitrogens is 1. The third kappa shape index (κ3) is 4.62. The van der Waals surface area contributed by atoms with Gasteiger partial charge in [0.15, 0.2) is 0 Å². The van der Waals surface area contributed by atoms with Gasteiger partial charge < -0.3 is 14.6 Å². The summed E-state index contributed by atoms with van der Waals surface area (Å²) in [5, 5.41) is 1.46. The van der Waals surface area contributed by atoms with E-state index < -0.39 is 0 Å². The molecular weight excluding hydrogens is 412 g/mol. The molecule has 5 nitrogen and oxygen atoms in total. The molecule has 0 unspecified atom stereocenters. The van der Waals surface area contributed by atoms with E-state index in [4.69, 9.17) is 16.3 Å². The highest BCUT2D eigenvalue weighted by Gasteiger charge is 2.20. The number of benzene rings is 3. The quantitative estimate of drug-likeness (QED) is 0.442. The molecule has 0 aliphatic rings. The smallest absolute Gasteiger partial charge is 0.258 e. The number of amides is 1. The number of ether oxygens (including phenoxy) is 1. The van der Waals surface area contributed by atoms with E-state index in [9.17, 15) is 9.59 Å². The Hall–Kier alpha value is -3.57. The zero-order valence-corrected chi connectivity index (χ0v) is 17.7. The molecule has 1 heterocycles. The fraction of sp³-hybridized carbons (Fsp3) is 0.120. The Bertz CT molecular complexity index is 1260. The maximum Gasteiger partial charge on any atom is 0.258 e. The van der Waals surface area contributed by atoms with Gasteiger partial charge in [-0.15, -0.1) is 0 Å². The summed E-state index contributed by atoms with van der Waals surface area (Å²) in [4.78, 5) is 30.6. The fourth-order valence-corrected chi connectivity index (χ4v) is 3.52. The highest BCUT2D eigenvalue weighted by atomic mass is 35.5. The molecule has 0 bridgehead atoms. The van der Waals surface area contributed by atoms with Crippen LogP contribution >= 0.6 is 11.6 Å². The van der Waals surface area contributed by atoms with Crippen LogP contribution in [-0.2, 0) is 6.54 Å². The third-order valence-corrected chi connectivity index (χ3v) is 5.21. The number of H-pyrrole nitrogens is 1. The van der Waals surface area contributed by atoms with Crippen molar-refractivity contribution in [3.63, 3.8) is 0 Å². The van der Waals surface area contributed by atoms with Crippen molar-refractivity contribution < 1.29 is 9.53 Å². The molecule has 4 rings (SSSR count). The standard InChI is InChI=1S/C25H21ClN2O3/c1-2-31-22-13-11-21(12-14-22)28(25(30)17-7-9-20(26)10-8-17)16-19-15-18-5-3-4-6-23(18)27-24(19)29/h3-15H,2,16H2,1H3,(H,27,29). The number of aromatic amines is 1. The molecule has 1 N–H and O–H groups in total. The average molecular weight is 433 g/mol. The second-order valence-electron chi connectivity index (χ2n) is 7.04. The van der Waals surface area contributed by atoms with Crippen LogP contribution in [0.3, 0.4) is 0 Å². The van der Waals surface area contributed by atoms with E-state index in [2.05, 4.69) is 4.98 Å². The Morgan fingerprint density at radius 2 is 1.71 bits per heavy atom. The van der Waals surface area contributed by atoms with Gasteiger partial charge in [0.1, 0.15) is 5.75 Å². The number of nitrogens with zero attached hydrogens (tertiary/aromatic N) is 1. The Kier molecular flexibility index (Phi) is 6.05. The van der Waals surface area contributed by atoms with E-state index in [1.165, 1.54) is 0 Å². The first-order valence-corrected chi connectivity index (χ1v) is 10.3. The first-order valence-electron chi connectivity index (χ1n) is 9.96. The molecule has 0 radical (unpaired) electrons. The van der Waals surface area contributed by atoms with Gasteiger partial charge in [-0.2, -0.15) is 0 Å². The van der Waals surface area contributed by atoms with E-state index in [-0.39, 0.29) is 18.0 Å². The summed E-state index contributed by atoms with van der Waals surface area (Å²) in [6.07, 6.45) is 0. The van der Waals surface area contributed by atoms with Gasteiger partial charge in [0.25, 0.3) is 11.5 Å². The molecule has 0 aliphatic carbocycles. The van der Waals surface area contributed by atoms with Crippen molar-refractivity contribution >= 4 is 34.1 Å². The van der Waals surface area contributed by atoms with Gasteiger partial charge in [0.2, 0.25) is 0 Å². The first-order chi connectivity index (χ1) is 15.0. The monoisotopic (exact) mass is 432 g/mol. The molecule has 0 aliphatic heterocycles. The van der Waals surface area contributed by atoms with Gasteiger partial charge in [0.05, 0.1) is 13.2 Å². The minimum Gasteiger partial charge on any atom is -0.494 e. The minimum atomic E-state index is -0.228. The van der Waals surface area contributed by atoms with Crippen molar-refractivity contribution in [2.45, 2.75) is 13.5 Å². The number of anilines is 1. The summed E-state index contributed by atoms with van der Waals surface area (Å²) in [5.74, 6) is 0.488. The molecule has 0 spiro atoms. The lowest BCUT2D eigenvalue weighted by molar-refractivity contribution is 0.0985. The van der Waals surface area contributed by atoms with Crippen LogP contribution in [0.15, 0.2) is 83.7 Å². The van der Waals surface area contributed by atoms with Crippen LogP contribution in [0.25, 0.3) is 10.9 Å². The van der Waals surface area contributed by atoms with Gasteiger partial charge >= 0.3 is 0 Å². The number of halogens is 1. The van der Waals surface area contributed by atoms with Crippen LogP contribution in [0.1, 0.15) is 22.8 Å². The number of carbonyl (C=O) groups is 1. The summed E-state index contributed by atoms with van der Waals surface area (Å²) in [5.41, 5.74) is 2.17. The summed E-state index contributed by atoms with van der Waals surface area (Å²) >= 11 is 5.98. The predicted octanol–water partition coefficient (Wildman–Crippen LogP) is 5.43. The van der Waals surface area contributed by atoms with Crippen LogP contribution in [0, 0.1) is 0 Å². The van der Waals surface area contributed by atoms with Crippen LogP contribution in [0.5, 0.6) is 5.75 Å². The zero-order chi connectivity index (χ0) is 21.8. The SMILES string of the molecule is CCOc1ccc(N(Cc2cc3ccccc3[nH]c2=O)C(=O)c2ccc(Cl)cc2)cc1. The van der Waals surface area contributed by atoms with Crippen molar-refractivity contribution in [3.05, 3.63) is 105 Å². The van der Waals surface area contributed by atoms with Crippen LogP contribution in [-0.4, -0.2) is 17.5 Å². The second kappa shape index (κ2) is 9.06. The normalized spacial score (nSPS) is 10.8. The van der Waals surface area contributed by atoms with Gasteiger partial charge in [-0.05, 0) is 73.0 Å². The molecular formula is C25H21ClN2O3. The minimum absolute atomic E-state index is 0.121. The topological polar surface area (TPSA) is 62.4 Å². The van der Waals surface area contributed by atoms with Crippen molar-refractivity contribution in [2.24, 2.45) is 0 Å². The van der Waals surface area contributed by atoms with Gasteiger partial charge in [-0.1, -0.05) is 29.8 Å². The number of rotatable bonds is 6. The molecule has 156 valence electrons. The molecule has 0 fully saturated rings. The fourth-order valence-electron chi connectivity index (χ4n) is 3.40. The lowest BCUT2D eigenvalue weighted by atomic mass is 10.1.